The smallest absolute Gasteiger partial charge is 0.321 e. The molecular weight excluding hydrogens is 174 g/mol. The number of esters is 1. The maximum absolute atomic E-state index is 10.9. The van der Waals surface area contributed by atoms with E-state index >= 15 is 0 Å². The largest absolute Gasteiger partial charge is 0.480 e. The Balaban J connectivity index is 3.86. The summed E-state index contributed by atoms with van der Waals surface area (Å²) in [6.07, 6.45) is 1.24. The number of nitrogens with one attached hydrogen (secondary N) is 1. The summed E-state index contributed by atoms with van der Waals surface area (Å²) in [5.41, 5.74) is 0. The number of ether oxygens (including phenoxy) is 1. The van der Waals surface area contributed by atoms with Crippen LogP contribution in [-0.4, -0.2) is 36.7 Å². The molecule has 5 nitrogen and oxygen atoms in total. The Morgan fingerprint density at radius 2 is 2.31 bits per heavy atom. The SMILES string of the molecule is C=CCOC(=O)C[C@@H](NC)C(=O)O. The van der Waals surface area contributed by atoms with Gasteiger partial charge in [-0.05, 0) is 7.05 Å². The lowest BCUT2D eigenvalue weighted by Gasteiger charge is -2.09. The molecule has 0 aliphatic carbocycles. The van der Waals surface area contributed by atoms with Crippen LogP contribution in [0.2, 0.25) is 0 Å². The van der Waals surface area contributed by atoms with Gasteiger partial charge < -0.3 is 15.2 Å². The first-order valence-corrected chi connectivity index (χ1v) is 3.78. The maximum Gasteiger partial charge on any atom is 0.321 e. The minimum absolute atomic E-state index is 0.106. The van der Waals surface area contributed by atoms with Gasteiger partial charge in [-0.1, -0.05) is 12.7 Å². The molecule has 0 spiro atoms. The van der Waals surface area contributed by atoms with E-state index in [2.05, 4.69) is 16.6 Å². The van der Waals surface area contributed by atoms with Gasteiger partial charge in [0.15, 0.2) is 0 Å². The zero-order valence-electron chi connectivity index (χ0n) is 7.45. The molecule has 0 aliphatic rings. The first-order valence-electron chi connectivity index (χ1n) is 3.78. The van der Waals surface area contributed by atoms with Gasteiger partial charge in [-0.25, -0.2) is 0 Å². The van der Waals surface area contributed by atoms with E-state index in [9.17, 15) is 9.59 Å². The van der Waals surface area contributed by atoms with Crippen LogP contribution in [0.4, 0.5) is 0 Å². The van der Waals surface area contributed by atoms with Gasteiger partial charge in [0, 0.05) is 0 Å². The van der Waals surface area contributed by atoms with Crippen molar-refractivity contribution in [3.8, 4) is 0 Å². The van der Waals surface area contributed by atoms with Gasteiger partial charge in [0.2, 0.25) is 0 Å². The predicted molar refractivity (Wildman–Crippen MR) is 46.3 cm³/mol. The summed E-state index contributed by atoms with van der Waals surface area (Å²) in [4.78, 5) is 21.4. The molecule has 0 fully saturated rings. The van der Waals surface area contributed by atoms with E-state index < -0.39 is 18.0 Å². The monoisotopic (exact) mass is 187 g/mol. The minimum atomic E-state index is -1.07. The summed E-state index contributed by atoms with van der Waals surface area (Å²) in [5, 5.41) is 11.0. The van der Waals surface area contributed by atoms with Crippen LogP contribution in [0.1, 0.15) is 6.42 Å². The third-order valence-electron chi connectivity index (χ3n) is 1.38. The van der Waals surface area contributed by atoms with Crippen molar-refractivity contribution in [3.63, 3.8) is 0 Å². The molecule has 13 heavy (non-hydrogen) atoms. The Hall–Kier alpha value is -1.36. The highest BCUT2D eigenvalue weighted by Crippen LogP contribution is 1.94. The van der Waals surface area contributed by atoms with Crippen LogP contribution in [0, 0.1) is 0 Å². The van der Waals surface area contributed by atoms with Crippen LogP contribution >= 0.6 is 0 Å². The molecule has 0 amide bonds. The lowest BCUT2D eigenvalue weighted by Crippen LogP contribution is -2.36. The van der Waals surface area contributed by atoms with Gasteiger partial charge in [-0.15, -0.1) is 0 Å². The van der Waals surface area contributed by atoms with Crippen molar-refractivity contribution in [1.29, 1.82) is 0 Å². The van der Waals surface area contributed by atoms with Gasteiger partial charge in [0.25, 0.3) is 0 Å². The highest BCUT2D eigenvalue weighted by molar-refractivity contribution is 5.81. The second kappa shape index (κ2) is 6.19. The highest BCUT2D eigenvalue weighted by Gasteiger charge is 2.19. The standard InChI is InChI=1S/C8H13NO4/c1-3-4-13-7(10)5-6(9-2)8(11)12/h3,6,9H,1,4-5H2,2H3,(H,11,12)/t6-/m1/s1. The van der Waals surface area contributed by atoms with Crippen molar-refractivity contribution in [3.05, 3.63) is 12.7 Å². The van der Waals surface area contributed by atoms with Crippen LogP contribution < -0.4 is 5.32 Å². The maximum atomic E-state index is 10.9. The topological polar surface area (TPSA) is 75.6 Å². The number of hydrogen-bond acceptors (Lipinski definition) is 4. The molecular formula is C8H13NO4. The molecule has 0 heterocycles. The van der Waals surface area contributed by atoms with E-state index in [0.29, 0.717) is 0 Å². The third kappa shape index (κ3) is 4.97. The van der Waals surface area contributed by atoms with E-state index in [0.717, 1.165) is 0 Å². The summed E-state index contributed by atoms with van der Waals surface area (Å²) in [5.74, 6) is -1.63. The summed E-state index contributed by atoms with van der Waals surface area (Å²) in [6.45, 7) is 3.46. The average Bonchev–Trinajstić information content (AvgIpc) is 2.10. The van der Waals surface area contributed by atoms with Gasteiger partial charge in [0.05, 0.1) is 6.42 Å². The highest BCUT2D eigenvalue weighted by atomic mass is 16.5. The Morgan fingerprint density at radius 3 is 2.69 bits per heavy atom. The van der Waals surface area contributed by atoms with Gasteiger partial charge >= 0.3 is 11.9 Å². The van der Waals surface area contributed by atoms with E-state index in [1.54, 1.807) is 0 Å². The number of carbonyl (C=O) groups excluding carboxylic acids is 1. The summed E-state index contributed by atoms with van der Waals surface area (Å²) >= 11 is 0. The quantitative estimate of drug-likeness (QED) is 0.444. The van der Waals surface area contributed by atoms with E-state index in [1.165, 1.54) is 13.1 Å². The van der Waals surface area contributed by atoms with Crippen LogP contribution in [-0.2, 0) is 14.3 Å². The minimum Gasteiger partial charge on any atom is -0.480 e. The molecule has 5 heteroatoms. The van der Waals surface area contributed by atoms with Gasteiger partial charge in [-0.3, -0.25) is 9.59 Å². The Bertz CT molecular complexity index is 202. The Kier molecular flexibility index (Phi) is 5.54. The van der Waals surface area contributed by atoms with Crippen LogP contribution in [0.5, 0.6) is 0 Å². The number of aliphatic carboxylic acids is 1. The first kappa shape index (κ1) is 11.6. The summed E-state index contributed by atoms with van der Waals surface area (Å²) in [7, 11) is 1.47. The molecule has 0 bridgehead atoms. The molecule has 0 saturated heterocycles. The zero-order chi connectivity index (χ0) is 10.3. The van der Waals surface area contributed by atoms with Gasteiger partial charge in [-0.2, -0.15) is 0 Å². The number of carboxylic acid groups (broad SMARTS) is 1. The Morgan fingerprint density at radius 1 is 1.69 bits per heavy atom. The second-order valence-corrected chi connectivity index (χ2v) is 2.36. The van der Waals surface area contributed by atoms with Crippen molar-refractivity contribution in [2.45, 2.75) is 12.5 Å². The lowest BCUT2D eigenvalue weighted by atomic mass is 10.2. The number of carbonyl (C=O) groups is 2. The average molecular weight is 187 g/mol. The van der Waals surface area contributed by atoms with Crippen LogP contribution in [0.15, 0.2) is 12.7 Å². The molecule has 0 saturated carbocycles. The zero-order valence-corrected chi connectivity index (χ0v) is 7.45. The molecule has 0 radical (unpaired) electrons. The molecule has 0 aliphatic heterocycles. The van der Waals surface area contributed by atoms with Crippen molar-refractivity contribution in [2.24, 2.45) is 0 Å². The van der Waals surface area contributed by atoms with Crippen molar-refractivity contribution in [1.82, 2.24) is 5.32 Å². The van der Waals surface area contributed by atoms with Crippen molar-refractivity contribution >= 4 is 11.9 Å². The summed E-state index contributed by atoms with van der Waals surface area (Å²) < 4.78 is 4.61. The molecule has 0 aromatic heterocycles. The summed E-state index contributed by atoms with van der Waals surface area (Å²) in [6, 6.07) is -0.891. The molecule has 2 N–H and O–H groups in total. The van der Waals surface area contributed by atoms with Crippen molar-refractivity contribution < 1.29 is 19.4 Å². The fourth-order valence-electron chi connectivity index (χ4n) is 0.690. The fourth-order valence-corrected chi connectivity index (χ4v) is 0.690. The lowest BCUT2D eigenvalue weighted by molar-refractivity contribution is -0.148. The molecule has 0 aromatic rings. The number of rotatable bonds is 6. The van der Waals surface area contributed by atoms with Crippen LogP contribution in [0.25, 0.3) is 0 Å². The predicted octanol–water partition coefficient (Wildman–Crippen LogP) is -0.222. The van der Waals surface area contributed by atoms with Crippen molar-refractivity contribution in [2.75, 3.05) is 13.7 Å². The third-order valence-corrected chi connectivity index (χ3v) is 1.38. The van der Waals surface area contributed by atoms with E-state index in [4.69, 9.17) is 5.11 Å². The fraction of sp³-hybridized carbons (Fsp3) is 0.500. The molecule has 0 rings (SSSR count). The molecule has 74 valence electrons. The number of likely N-dealkylation sites (N-methyl/N-ethyl adjacent to an activating group) is 1. The number of hydrogen-bond donors (Lipinski definition) is 2. The second-order valence-electron chi connectivity index (χ2n) is 2.36. The molecule has 1 atom stereocenters. The molecule has 0 unspecified atom stereocenters. The number of carboxylic acids is 1. The van der Waals surface area contributed by atoms with E-state index in [1.807, 2.05) is 0 Å². The Labute approximate surface area is 76.4 Å². The molecule has 0 aromatic carbocycles. The van der Waals surface area contributed by atoms with Gasteiger partial charge in [0.1, 0.15) is 12.6 Å². The van der Waals surface area contributed by atoms with Crippen LogP contribution in [0.3, 0.4) is 0 Å². The van der Waals surface area contributed by atoms with E-state index in [-0.39, 0.29) is 13.0 Å². The first-order chi connectivity index (χ1) is 6.11. The normalized spacial score (nSPS) is 11.8.